The molecule has 0 aromatic heterocycles. The fourth-order valence-electron chi connectivity index (χ4n) is 4.46. The molecule has 4 N–H and O–H groups in total. The number of hydrogen-bond acceptors (Lipinski definition) is 9. The number of terminal acetylenes is 1. The summed E-state index contributed by atoms with van der Waals surface area (Å²) in [6.45, 7) is 3.71. The molecule has 1 aliphatic rings. The van der Waals surface area contributed by atoms with E-state index in [2.05, 4.69) is 27.1 Å². The molecule has 1 heterocycles. The van der Waals surface area contributed by atoms with Crippen LogP contribution < -0.4 is 30.3 Å². The molecule has 11 nitrogen and oxygen atoms in total. The number of benzene rings is 3. The van der Waals surface area contributed by atoms with Crippen molar-refractivity contribution in [3.05, 3.63) is 77.0 Å². The first-order valence-electron chi connectivity index (χ1n) is 13.2. The summed E-state index contributed by atoms with van der Waals surface area (Å²) < 4.78 is 22.2. The molecular weight excluding hydrogens is 540 g/mol. The molecule has 218 valence electrons. The number of carbonyl (C=O) groups excluding carboxylic acids is 2. The van der Waals surface area contributed by atoms with E-state index in [-0.39, 0.29) is 18.8 Å². The predicted molar refractivity (Wildman–Crippen MR) is 157 cm³/mol. The highest BCUT2D eigenvalue weighted by atomic mass is 16.5. The van der Waals surface area contributed by atoms with E-state index in [4.69, 9.17) is 25.4 Å². The van der Waals surface area contributed by atoms with E-state index in [9.17, 15) is 14.7 Å². The van der Waals surface area contributed by atoms with Crippen molar-refractivity contribution in [1.29, 1.82) is 0 Å². The van der Waals surface area contributed by atoms with Gasteiger partial charge in [-0.15, -0.1) is 6.42 Å². The van der Waals surface area contributed by atoms with E-state index in [0.717, 1.165) is 10.8 Å². The van der Waals surface area contributed by atoms with Gasteiger partial charge in [-0.3, -0.25) is 5.43 Å². The minimum absolute atomic E-state index is 0.105. The van der Waals surface area contributed by atoms with E-state index >= 15 is 0 Å². The number of rotatable bonds is 12. The third kappa shape index (κ3) is 6.92. The van der Waals surface area contributed by atoms with Gasteiger partial charge in [0.1, 0.15) is 19.0 Å². The van der Waals surface area contributed by atoms with Gasteiger partial charge >= 0.3 is 12.0 Å². The van der Waals surface area contributed by atoms with E-state index in [1.807, 2.05) is 43.3 Å². The SMILES string of the molecule is C#CCOc1ccc2ccccc2c1/C=N/N[C@@H](O)COc1ccc([C@H]2NC(=O)NC(C)=C2C(=O)OC)cc1OCC. The maximum Gasteiger partial charge on any atom is 0.337 e. The molecule has 2 amide bonds. The van der Waals surface area contributed by atoms with Crippen LogP contribution in [0.2, 0.25) is 0 Å². The standard InChI is InChI=1S/C31H32N4O7/c1-5-15-41-24-13-11-20-9-7-8-10-22(20)23(24)17-32-35-27(36)18-42-25-14-12-21(16-26(25)40-6-2)29-28(30(37)39-4)19(3)33-31(38)34-29/h1,7-14,16-17,27,29,35-36H,6,15,18H2,2-4H3,(H2,33,34,38)/b32-17+/t27-,29+/m0/s1. The molecule has 0 spiro atoms. The van der Waals surface area contributed by atoms with Crippen molar-refractivity contribution in [2.75, 3.05) is 26.9 Å². The molecule has 0 saturated heterocycles. The van der Waals surface area contributed by atoms with Gasteiger partial charge in [0.25, 0.3) is 0 Å². The number of methoxy groups -OCH3 is 1. The number of aliphatic hydroxyl groups is 1. The Hall–Kier alpha value is -5.21. The lowest BCUT2D eigenvalue weighted by Gasteiger charge is -2.28. The van der Waals surface area contributed by atoms with Crippen molar-refractivity contribution >= 4 is 29.0 Å². The number of carbonyl (C=O) groups is 2. The number of amides is 2. The first-order valence-corrected chi connectivity index (χ1v) is 13.2. The van der Waals surface area contributed by atoms with Crippen LogP contribution in [-0.2, 0) is 9.53 Å². The molecule has 11 heteroatoms. The van der Waals surface area contributed by atoms with Crippen LogP contribution in [0.5, 0.6) is 17.2 Å². The van der Waals surface area contributed by atoms with Gasteiger partial charge in [0, 0.05) is 11.3 Å². The normalized spacial score (nSPS) is 15.4. The number of ether oxygens (including phenoxy) is 4. The summed E-state index contributed by atoms with van der Waals surface area (Å²) in [5, 5.41) is 21.9. The summed E-state index contributed by atoms with van der Waals surface area (Å²) >= 11 is 0. The molecule has 0 radical (unpaired) electrons. The van der Waals surface area contributed by atoms with Gasteiger partial charge < -0.3 is 34.7 Å². The van der Waals surface area contributed by atoms with Gasteiger partial charge in [0.2, 0.25) is 0 Å². The molecule has 0 saturated carbocycles. The number of allylic oxidation sites excluding steroid dienone is 1. The van der Waals surface area contributed by atoms with Gasteiger partial charge in [0.15, 0.2) is 17.7 Å². The van der Waals surface area contributed by atoms with Gasteiger partial charge in [0.05, 0.1) is 31.5 Å². The Bertz CT molecular complexity index is 1560. The van der Waals surface area contributed by atoms with Gasteiger partial charge in [-0.2, -0.15) is 5.10 Å². The zero-order valence-corrected chi connectivity index (χ0v) is 23.5. The van der Waals surface area contributed by atoms with Crippen LogP contribution in [0.15, 0.2) is 71.0 Å². The summed E-state index contributed by atoms with van der Waals surface area (Å²) in [5.74, 6) is 3.16. The number of urea groups is 1. The van der Waals surface area contributed by atoms with Gasteiger partial charge in [-0.1, -0.05) is 42.3 Å². The zero-order valence-electron chi connectivity index (χ0n) is 23.5. The maximum atomic E-state index is 12.4. The lowest BCUT2D eigenvalue weighted by atomic mass is 9.95. The quantitative estimate of drug-likeness (QED) is 0.0852. The average molecular weight is 573 g/mol. The highest BCUT2D eigenvalue weighted by Gasteiger charge is 2.32. The number of nitrogens with one attached hydrogen (secondary N) is 3. The van der Waals surface area contributed by atoms with Crippen molar-refractivity contribution in [2.24, 2.45) is 5.10 Å². The van der Waals surface area contributed by atoms with E-state index in [0.29, 0.717) is 40.7 Å². The summed E-state index contributed by atoms with van der Waals surface area (Å²) in [4.78, 5) is 24.6. The van der Waals surface area contributed by atoms with Crippen LogP contribution in [0, 0.1) is 12.3 Å². The average Bonchev–Trinajstić information content (AvgIpc) is 2.99. The highest BCUT2D eigenvalue weighted by molar-refractivity contribution is 6.02. The molecule has 0 bridgehead atoms. The second kappa shape index (κ2) is 13.9. The van der Waals surface area contributed by atoms with E-state index in [1.165, 1.54) is 7.11 Å². The topological polar surface area (TPSA) is 140 Å². The molecule has 2 atom stereocenters. The van der Waals surface area contributed by atoms with Crippen molar-refractivity contribution in [3.63, 3.8) is 0 Å². The van der Waals surface area contributed by atoms with Crippen LogP contribution in [-0.4, -0.2) is 56.5 Å². The molecule has 4 rings (SSSR count). The molecule has 0 unspecified atom stereocenters. The van der Waals surface area contributed by atoms with Crippen LogP contribution in [0.1, 0.15) is 31.0 Å². The highest BCUT2D eigenvalue weighted by Crippen LogP contribution is 2.35. The second-order valence-electron chi connectivity index (χ2n) is 9.11. The number of hydrogen-bond donors (Lipinski definition) is 4. The van der Waals surface area contributed by atoms with Crippen molar-refractivity contribution in [2.45, 2.75) is 26.1 Å². The third-order valence-electron chi connectivity index (χ3n) is 6.33. The van der Waals surface area contributed by atoms with E-state index < -0.39 is 24.3 Å². The molecular formula is C31H32N4O7. The fraction of sp³-hybridized carbons (Fsp3) is 0.258. The van der Waals surface area contributed by atoms with Gasteiger partial charge in [-0.25, -0.2) is 9.59 Å². The molecule has 3 aromatic carbocycles. The van der Waals surface area contributed by atoms with Crippen LogP contribution in [0.25, 0.3) is 10.8 Å². The smallest absolute Gasteiger partial charge is 0.337 e. The molecule has 1 aliphatic heterocycles. The van der Waals surface area contributed by atoms with Crippen LogP contribution in [0.3, 0.4) is 0 Å². The fourth-order valence-corrected chi connectivity index (χ4v) is 4.46. The Balaban J connectivity index is 1.47. The number of fused-ring (bicyclic) bond motifs is 1. The molecule has 3 aromatic rings. The van der Waals surface area contributed by atoms with E-state index in [1.54, 1.807) is 31.3 Å². The minimum Gasteiger partial charge on any atom is -0.490 e. The second-order valence-corrected chi connectivity index (χ2v) is 9.11. The minimum atomic E-state index is -1.17. The molecule has 0 aliphatic carbocycles. The maximum absolute atomic E-state index is 12.4. The number of aliphatic hydroxyl groups excluding tert-OH is 1. The predicted octanol–water partition coefficient (Wildman–Crippen LogP) is 3.37. The van der Waals surface area contributed by atoms with Crippen LogP contribution in [0.4, 0.5) is 4.79 Å². The Morgan fingerprint density at radius 2 is 1.93 bits per heavy atom. The summed E-state index contributed by atoms with van der Waals surface area (Å²) in [7, 11) is 1.27. The third-order valence-corrected chi connectivity index (χ3v) is 6.33. The Kier molecular flexibility index (Phi) is 9.86. The molecule has 42 heavy (non-hydrogen) atoms. The Morgan fingerprint density at radius 3 is 2.69 bits per heavy atom. The van der Waals surface area contributed by atoms with Gasteiger partial charge in [-0.05, 0) is 48.4 Å². The summed E-state index contributed by atoms with van der Waals surface area (Å²) in [5.41, 5.74) is 4.60. The lowest BCUT2D eigenvalue weighted by molar-refractivity contribution is -0.136. The first kappa shape index (κ1) is 29.8. The number of hydrazone groups is 1. The summed E-state index contributed by atoms with van der Waals surface area (Å²) in [6, 6.07) is 15.3. The lowest BCUT2D eigenvalue weighted by Crippen LogP contribution is -2.45. The van der Waals surface area contributed by atoms with Crippen molar-refractivity contribution < 1.29 is 33.6 Å². The van der Waals surface area contributed by atoms with Crippen molar-refractivity contribution in [3.8, 4) is 29.6 Å². The Morgan fingerprint density at radius 1 is 1.14 bits per heavy atom. The summed E-state index contributed by atoms with van der Waals surface area (Å²) in [6.07, 6.45) is 5.74. The number of esters is 1. The van der Waals surface area contributed by atoms with Crippen molar-refractivity contribution in [1.82, 2.24) is 16.1 Å². The monoisotopic (exact) mass is 572 g/mol. The zero-order chi connectivity index (χ0) is 30.1. The van der Waals surface area contributed by atoms with Crippen LogP contribution >= 0.6 is 0 Å². The first-order chi connectivity index (χ1) is 20.4. The largest absolute Gasteiger partial charge is 0.490 e. The Labute approximate surface area is 243 Å². The number of nitrogens with zero attached hydrogens (tertiary/aromatic N) is 1. The molecule has 0 fully saturated rings.